The molecule has 0 saturated heterocycles. The molecule has 0 spiro atoms. The maximum Gasteiger partial charge on any atom is 0.397 e. The van der Waals surface area contributed by atoms with E-state index >= 15 is 0 Å². The molecule has 192 valence electrons. The smallest absolute Gasteiger partial charge is 0.264 e. The Morgan fingerprint density at radius 3 is 2.42 bits per heavy atom. The molecule has 4 nitrogen and oxygen atoms in total. The van der Waals surface area contributed by atoms with Crippen LogP contribution < -0.4 is 0 Å². The van der Waals surface area contributed by atoms with Gasteiger partial charge < -0.3 is 0 Å². The first-order chi connectivity index (χ1) is 15.6. The van der Waals surface area contributed by atoms with Crippen molar-refractivity contribution in [3.05, 3.63) is 0 Å². The van der Waals surface area contributed by atoms with Crippen molar-refractivity contribution in [1.82, 2.24) is 0 Å². The first kappa shape index (κ1) is 25.9. The van der Waals surface area contributed by atoms with Crippen LogP contribution in [0.1, 0.15) is 118 Å². The van der Waals surface area contributed by atoms with Crippen LogP contribution in [0.4, 0.5) is 0 Å². The van der Waals surface area contributed by atoms with E-state index in [9.17, 15) is 8.42 Å². The summed E-state index contributed by atoms with van der Waals surface area (Å²) in [6.45, 7) is 10.4. The molecule has 4 fully saturated rings. The fourth-order valence-electron chi connectivity index (χ4n) is 10.1. The average Bonchev–Trinajstić information content (AvgIpc) is 3.11. The Bertz CT molecular complexity index is 766. The van der Waals surface area contributed by atoms with E-state index in [1.165, 1.54) is 70.6 Å². The van der Waals surface area contributed by atoms with E-state index in [4.69, 9.17) is 4.55 Å². The lowest BCUT2D eigenvalue weighted by atomic mass is 9.42. The third-order valence-electron chi connectivity index (χ3n) is 11.6. The van der Waals surface area contributed by atoms with Crippen molar-refractivity contribution in [2.75, 3.05) is 6.61 Å². The zero-order valence-electron chi connectivity index (χ0n) is 21.7. The fraction of sp³-hybridized carbons (Fsp3) is 1.00. The summed E-state index contributed by atoms with van der Waals surface area (Å²) in [5.74, 6) is 6.39. The highest BCUT2D eigenvalue weighted by Gasteiger charge is 2.61. The van der Waals surface area contributed by atoms with Crippen LogP contribution in [0.15, 0.2) is 0 Å². The molecule has 4 aliphatic rings. The Kier molecular flexibility index (Phi) is 7.93. The predicted molar refractivity (Wildman–Crippen MR) is 134 cm³/mol. The molecular formula is C28H50O4S. The van der Waals surface area contributed by atoms with Crippen molar-refractivity contribution in [2.24, 2.45) is 52.3 Å². The van der Waals surface area contributed by atoms with Gasteiger partial charge in [-0.3, -0.25) is 4.55 Å². The van der Waals surface area contributed by atoms with Crippen LogP contribution in [0.5, 0.6) is 0 Å². The molecule has 0 aromatic heterocycles. The van der Waals surface area contributed by atoms with E-state index in [0.717, 1.165) is 54.3 Å². The summed E-state index contributed by atoms with van der Waals surface area (Å²) in [5.41, 5.74) is 1.13. The summed E-state index contributed by atoms with van der Waals surface area (Å²) in [4.78, 5) is 0. The van der Waals surface area contributed by atoms with Crippen molar-refractivity contribution < 1.29 is 17.2 Å². The summed E-state index contributed by atoms with van der Waals surface area (Å²) in [5, 5.41) is 0. The quantitative estimate of drug-likeness (QED) is 0.270. The molecule has 3 unspecified atom stereocenters. The molecule has 0 bridgehead atoms. The van der Waals surface area contributed by atoms with Gasteiger partial charge in [0.15, 0.2) is 0 Å². The fourth-order valence-corrected chi connectivity index (χ4v) is 10.4. The summed E-state index contributed by atoms with van der Waals surface area (Å²) >= 11 is 0. The Morgan fingerprint density at radius 1 is 0.939 bits per heavy atom. The molecule has 4 rings (SSSR count). The molecule has 0 heterocycles. The lowest BCUT2D eigenvalue weighted by molar-refractivity contribution is -0.138. The zero-order chi connectivity index (χ0) is 23.9. The molecule has 5 heteroatoms. The highest BCUT2D eigenvalue weighted by molar-refractivity contribution is 7.80. The normalized spacial score (nSPS) is 44.0. The van der Waals surface area contributed by atoms with Gasteiger partial charge in [-0.15, -0.1) is 0 Å². The second-order valence-electron chi connectivity index (χ2n) is 12.9. The van der Waals surface area contributed by atoms with Crippen molar-refractivity contribution in [3.63, 3.8) is 0 Å². The summed E-state index contributed by atoms with van der Waals surface area (Å²) in [7, 11) is -4.29. The van der Waals surface area contributed by atoms with Gasteiger partial charge in [0.25, 0.3) is 0 Å². The molecule has 33 heavy (non-hydrogen) atoms. The summed E-state index contributed by atoms with van der Waals surface area (Å²) < 4.78 is 34.5. The molecule has 9 atom stereocenters. The van der Waals surface area contributed by atoms with Gasteiger partial charge in [-0.2, -0.15) is 8.42 Å². The van der Waals surface area contributed by atoms with E-state index in [2.05, 4.69) is 31.9 Å². The molecule has 0 radical (unpaired) electrons. The molecule has 4 aliphatic carbocycles. The SMILES string of the molecule is CC[C@H]1CC2C3CC[C@H]([C@H](C)CCCCCOS(=O)(=O)O)[C@@]3(C)CCC2[C@@]2(C)CCCC[C@@H]12. The lowest BCUT2D eigenvalue weighted by Crippen LogP contribution is -2.55. The summed E-state index contributed by atoms with van der Waals surface area (Å²) in [6.07, 6.45) is 18.6. The maximum atomic E-state index is 10.7. The maximum absolute atomic E-state index is 10.7. The molecular weight excluding hydrogens is 432 g/mol. The number of hydrogen-bond acceptors (Lipinski definition) is 3. The molecule has 0 aliphatic heterocycles. The average molecular weight is 483 g/mol. The van der Waals surface area contributed by atoms with E-state index in [1.54, 1.807) is 0 Å². The molecule has 0 aromatic carbocycles. The van der Waals surface area contributed by atoms with Gasteiger partial charge in [-0.25, -0.2) is 4.18 Å². The van der Waals surface area contributed by atoms with Crippen molar-refractivity contribution >= 4 is 10.4 Å². The minimum Gasteiger partial charge on any atom is -0.264 e. The van der Waals surface area contributed by atoms with Crippen molar-refractivity contribution in [1.29, 1.82) is 0 Å². The van der Waals surface area contributed by atoms with Gasteiger partial charge in [0.2, 0.25) is 0 Å². The van der Waals surface area contributed by atoms with Crippen LogP contribution >= 0.6 is 0 Å². The molecule has 0 aromatic rings. The van der Waals surface area contributed by atoms with Gasteiger partial charge in [0.05, 0.1) is 6.61 Å². The third-order valence-corrected chi connectivity index (χ3v) is 12.0. The van der Waals surface area contributed by atoms with Gasteiger partial charge in [0.1, 0.15) is 0 Å². The van der Waals surface area contributed by atoms with Gasteiger partial charge >= 0.3 is 10.4 Å². The van der Waals surface area contributed by atoms with Crippen LogP contribution in [0.2, 0.25) is 0 Å². The highest BCUT2D eigenvalue weighted by atomic mass is 32.3. The van der Waals surface area contributed by atoms with Gasteiger partial charge in [0, 0.05) is 0 Å². The topological polar surface area (TPSA) is 63.6 Å². The van der Waals surface area contributed by atoms with E-state index < -0.39 is 10.4 Å². The summed E-state index contributed by atoms with van der Waals surface area (Å²) in [6, 6.07) is 0. The second kappa shape index (κ2) is 10.1. The lowest BCUT2D eigenvalue weighted by Gasteiger charge is -2.63. The molecule has 0 amide bonds. The Hall–Kier alpha value is -0.130. The Morgan fingerprint density at radius 2 is 1.70 bits per heavy atom. The zero-order valence-corrected chi connectivity index (χ0v) is 22.5. The molecule has 4 saturated carbocycles. The van der Waals surface area contributed by atoms with Crippen LogP contribution in [0, 0.1) is 52.3 Å². The van der Waals surface area contributed by atoms with Crippen LogP contribution in [0.3, 0.4) is 0 Å². The van der Waals surface area contributed by atoms with E-state index in [-0.39, 0.29) is 6.61 Å². The first-order valence-electron chi connectivity index (χ1n) is 14.2. The van der Waals surface area contributed by atoms with E-state index in [0.29, 0.717) is 17.3 Å². The number of hydrogen-bond donors (Lipinski definition) is 1. The number of rotatable bonds is 9. The van der Waals surface area contributed by atoms with E-state index in [1.807, 2.05) is 0 Å². The minimum absolute atomic E-state index is 0.0951. The minimum atomic E-state index is -4.29. The van der Waals surface area contributed by atoms with Crippen molar-refractivity contribution in [3.8, 4) is 0 Å². The van der Waals surface area contributed by atoms with Crippen molar-refractivity contribution in [2.45, 2.75) is 118 Å². The standard InChI is InChI=1S/C28H50O4S/c1-5-21-19-22-25-14-13-23(20(2)11-7-6-10-18-32-33(29,30)31)28(25,4)17-15-26(22)27(3)16-9-8-12-24(21)27/h20-26H,5-19H2,1-4H3,(H,29,30,31)/t20-,21+,22?,23-,24+,25?,26?,27+,28-/m1/s1. The second-order valence-corrected chi connectivity index (χ2v) is 14.0. The van der Waals surface area contributed by atoms with Crippen LogP contribution in [-0.4, -0.2) is 19.6 Å². The number of fused-ring (bicyclic) bond motifs is 5. The third kappa shape index (κ3) is 5.07. The van der Waals surface area contributed by atoms with Crippen LogP contribution in [0.25, 0.3) is 0 Å². The predicted octanol–water partition coefficient (Wildman–Crippen LogP) is 7.69. The Labute approximate surface area is 204 Å². The highest BCUT2D eigenvalue weighted by Crippen LogP contribution is 2.69. The largest absolute Gasteiger partial charge is 0.397 e. The van der Waals surface area contributed by atoms with Crippen LogP contribution in [-0.2, 0) is 14.6 Å². The number of unbranched alkanes of at least 4 members (excludes halogenated alkanes) is 2. The molecule has 1 N–H and O–H groups in total. The first-order valence-corrected chi connectivity index (χ1v) is 15.6. The Balaban J connectivity index is 1.37. The monoisotopic (exact) mass is 482 g/mol. The van der Waals surface area contributed by atoms with Gasteiger partial charge in [-0.1, -0.05) is 66.2 Å². The van der Waals surface area contributed by atoms with Gasteiger partial charge in [-0.05, 0) is 104 Å².